The van der Waals surface area contributed by atoms with Crippen molar-refractivity contribution in [2.45, 2.75) is 164 Å². The maximum atomic E-state index is 14.5. The van der Waals surface area contributed by atoms with Gasteiger partial charge in [-0.05, 0) is 122 Å². The minimum Gasteiger partial charge on any atom is -0.391 e. The monoisotopic (exact) mass is 1220 g/mol. The summed E-state index contributed by atoms with van der Waals surface area (Å²) >= 11 is 0. The second kappa shape index (κ2) is 35.9. The van der Waals surface area contributed by atoms with Crippen LogP contribution in [-0.4, -0.2) is 190 Å². The van der Waals surface area contributed by atoms with Gasteiger partial charge in [-0.2, -0.15) is 4.72 Å². The second-order valence-electron chi connectivity index (χ2n) is 21.2. The second-order valence-corrected chi connectivity index (χ2v) is 22.9. The van der Waals surface area contributed by atoms with Crippen LogP contribution >= 0.6 is 0 Å². The molecular weight excluding hydrogens is 1130 g/mol. The lowest BCUT2D eigenvalue weighted by Crippen LogP contribution is -2.62. The Hall–Kier alpha value is -7.23. The summed E-state index contributed by atoms with van der Waals surface area (Å²) in [6, 6.07) is -1.25. The van der Waals surface area contributed by atoms with Crippen molar-refractivity contribution in [3.63, 3.8) is 0 Å². The predicted octanol–water partition coefficient (Wildman–Crippen LogP) is -6.68. The van der Waals surface area contributed by atoms with Gasteiger partial charge < -0.3 is 92.0 Å². The fourth-order valence-corrected chi connectivity index (χ4v) is 10.0. The Labute approximate surface area is 495 Å². The summed E-state index contributed by atoms with van der Waals surface area (Å²) in [5.74, 6) is -10.0. The molecule has 30 nitrogen and oxygen atoms in total. The van der Waals surface area contributed by atoms with Gasteiger partial charge in [0.1, 0.15) is 60.4 Å². The number of hydrogen-bond acceptors (Lipinski definition) is 19. The third-order valence-electron chi connectivity index (χ3n) is 13.5. The van der Waals surface area contributed by atoms with Gasteiger partial charge in [0.25, 0.3) is 0 Å². The fourth-order valence-electron chi connectivity index (χ4n) is 8.82. The minimum atomic E-state index is -4.31. The molecule has 1 heterocycles. The van der Waals surface area contributed by atoms with E-state index in [0.29, 0.717) is 5.56 Å². The first-order valence-corrected chi connectivity index (χ1v) is 29.7. The summed E-state index contributed by atoms with van der Waals surface area (Å²) in [5.41, 5.74) is 30.6. The highest BCUT2D eigenvalue weighted by molar-refractivity contribution is 7.89. The number of hydrogen-bond donors (Lipinski definition) is 18. The van der Waals surface area contributed by atoms with Crippen molar-refractivity contribution in [2.75, 3.05) is 39.3 Å². The average molecular weight is 1220 g/mol. The van der Waals surface area contributed by atoms with Crippen molar-refractivity contribution in [1.29, 1.82) is 0 Å². The van der Waals surface area contributed by atoms with Crippen LogP contribution in [0.15, 0.2) is 59.5 Å². The van der Waals surface area contributed by atoms with Crippen LogP contribution in [0.5, 0.6) is 0 Å². The number of rotatable bonds is 25. The van der Waals surface area contributed by atoms with E-state index in [9.17, 15) is 66.6 Å². The van der Waals surface area contributed by atoms with E-state index in [2.05, 4.69) is 57.9 Å². The smallest absolute Gasteiger partial charge is 0.245 e. The van der Waals surface area contributed by atoms with Crippen LogP contribution in [-0.2, 0) is 64.4 Å². The standard InChI is InChI=1S/C54H88N16O14S/c1-29(2)27-41-51(79)63-35(15-21-55)45(73)62-38(18-24-58)49(77)68-43(31(4)71)53(81)60-26-20-39(48(76)61-36(16-22-56)47(75)67-42(52(80)66-41)28-33-9-7-6-8-10-33)64-46(74)37(17-23-57)65-54(82)44(32(5)72)69-50(78)40(19-25-59)70-85(83,84)34-13-11-30(3)12-14-34/h6-14,29,31-32,35-44,70-72H,15-28,55-59H2,1-5H3,(H,60,81)(H,61,76)(H,62,73)(H,63,79)(H,64,74)(H,65,82)(H,66,80)(H,67,75)(H,68,77)(H,69,78)/t31-,32-,35+,36+,37+,38+,39+,40+,41+,42-,43+,44+/m1/s1. The first kappa shape index (κ1) is 72.0. The van der Waals surface area contributed by atoms with Gasteiger partial charge in [-0.1, -0.05) is 61.9 Å². The number of carbonyl (C=O) groups is 10. The van der Waals surface area contributed by atoms with Gasteiger partial charge in [-0.25, -0.2) is 8.42 Å². The van der Waals surface area contributed by atoms with E-state index < -0.39 is 155 Å². The van der Waals surface area contributed by atoms with E-state index in [4.69, 9.17) is 28.7 Å². The number of sulfonamides is 1. The van der Waals surface area contributed by atoms with Gasteiger partial charge in [0, 0.05) is 13.0 Å². The summed E-state index contributed by atoms with van der Waals surface area (Å²) in [6.07, 6.45) is -5.01. The Morgan fingerprint density at radius 3 is 1.56 bits per heavy atom. The third-order valence-corrected chi connectivity index (χ3v) is 15.0. The molecule has 0 unspecified atom stereocenters. The van der Waals surface area contributed by atoms with Crippen LogP contribution in [0.3, 0.4) is 0 Å². The highest BCUT2D eigenvalue weighted by Gasteiger charge is 2.38. The highest BCUT2D eigenvalue weighted by atomic mass is 32.2. The summed E-state index contributed by atoms with van der Waals surface area (Å²) in [7, 11) is -4.31. The molecule has 0 aromatic heterocycles. The number of aliphatic hydroxyl groups is 2. The lowest BCUT2D eigenvalue weighted by atomic mass is 10.00. The summed E-state index contributed by atoms with van der Waals surface area (Å²) < 4.78 is 28.8. The zero-order valence-electron chi connectivity index (χ0n) is 48.7. The number of amides is 10. The Morgan fingerprint density at radius 2 is 1.06 bits per heavy atom. The number of aryl methyl sites for hydroxylation is 1. The Balaban J connectivity index is 2.10. The average Bonchev–Trinajstić information content (AvgIpc) is 3.44. The zero-order chi connectivity index (χ0) is 63.6. The number of carbonyl (C=O) groups excluding carboxylic acids is 10. The molecule has 12 atom stereocenters. The molecular formula is C54H88N16O14S. The van der Waals surface area contributed by atoms with Crippen LogP contribution in [0.4, 0.5) is 0 Å². The summed E-state index contributed by atoms with van der Waals surface area (Å²) in [4.78, 5) is 141. The third kappa shape index (κ3) is 23.6. The quantitative estimate of drug-likeness (QED) is 0.0439. The minimum absolute atomic E-state index is 0.0328. The number of nitrogens with two attached hydrogens (primary N) is 5. The van der Waals surface area contributed by atoms with E-state index in [1.807, 2.05) is 0 Å². The molecule has 474 valence electrons. The van der Waals surface area contributed by atoms with E-state index in [-0.39, 0.29) is 88.5 Å². The van der Waals surface area contributed by atoms with Crippen LogP contribution in [0, 0.1) is 12.8 Å². The van der Waals surface area contributed by atoms with Gasteiger partial charge in [0.2, 0.25) is 69.1 Å². The molecule has 2 aromatic carbocycles. The van der Waals surface area contributed by atoms with Crippen molar-refractivity contribution in [2.24, 2.45) is 34.6 Å². The number of aliphatic hydroxyl groups excluding tert-OH is 2. The molecule has 0 radical (unpaired) electrons. The largest absolute Gasteiger partial charge is 0.391 e. The zero-order valence-corrected chi connectivity index (χ0v) is 49.5. The first-order valence-electron chi connectivity index (χ1n) is 28.2. The molecule has 0 aliphatic carbocycles. The first-order chi connectivity index (χ1) is 40.2. The van der Waals surface area contributed by atoms with E-state index in [0.717, 1.165) is 12.5 Å². The van der Waals surface area contributed by atoms with Crippen molar-refractivity contribution < 1.29 is 66.6 Å². The molecule has 1 aliphatic heterocycles. The van der Waals surface area contributed by atoms with Crippen molar-refractivity contribution >= 4 is 69.1 Å². The van der Waals surface area contributed by atoms with E-state index in [1.165, 1.54) is 19.1 Å². The van der Waals surface area contributed by atoms with E-state index >= 15 is 0 Å². The molecule has 85 heavy (non-hydrogen) atoms. The van der Waals surface area contributed by atoms with Crippen LogP contribution in [0.25, 0.3) is 0 Å². The molecule has 1 aliphatic rings. The predicted molar refractivity (Wildman–Crippen MR) is 312 cm³/mol. The van der Waals surface area contributed by atoms with E-state index in [1.54, 1.807) is 63.2 Å². The van der Waals surface area contributed by atoms with Crippen molar-refractivity contribution in [3.8, 4) is 0 Å². The summed E-state index contributed by atoms with van der Waals surface area (Å²) in [6.45, 7) is 6.17. The fraction of sp³-hybridized carbons (Fsp3) is 0.593. The Bertz CT molecular complexity index is 2670. The summed E-state index contributed by atoms with van der Waals surface area (Å²) in [5, 5.41) is 46.7. The lowest BCUT2D eigenvalue weighted by Gasteiger charge is -2.29. The van der Waals surface area contributed by atoms with Gasteiger partial charge in [-0.3, -0.25) is 47.9 Å². The van der Waals surface area contributed by atoms with Crippen LogP contribution < -0.4 is 86.6 Å². The van der Waals surface area contributed by atoms with Crippen molar-refractivity contribution in [3.05, 3.63) is 65.7 Å². The Kier molecular flexibility index (Phi) is 30.4. The van der Waals surface area contributed by atoms with Gasteiger partial charge in [0.05, 0.1) is 17.1 Å². The topological polar surface area (TPSA) is 508 Å². The lowest BCUT2D eigenvalue weighted by molar-refractivity contribution is -0.136. The van der Waals surface area contributed by atoms with Crippen molar-refractivity contribution in [1.82, 2.24) is 57.9 Å². The molecule has 31 heteroatoms. The van der Waals surface area contributed by atoms with Gasteiger partial charge >= 0.3 is 0 Å². The number of benzene rings is 2. The molecule has 2 aromatic rings. The SMILES string of the molecule is Cc1ccc(S(=O)(=O)N[C@@H](CCN)C(=O)N[C@H](C(=O)N[C@@H](CCN)C(=O)N[C@H]2CCNC(=O)[C@H]([C@@H](C)O)NC(=O)[C@H](CCN)NC(=O)[C@H](CCN)NC(=O)[C@H](CC(C)C)NC(=O)[C@@H](Cc3ccccc3)NC(=O)[C@H](CCN)NC2=O)[C@@H](C)O)cc1. The number of nitrogens with one attached hydrogen (secondary N) is 11. The van der Waals surface area contributed by atoms with Crippen LogP contribution in [0.1, 0.15) is 83.8 Å². The molecule has 23 N–H and O–H groups in total. The molecule has 0 bridgehead atoms. The molecule has 1 fully saturated rings. The molecule has 0 saturated carbocycles. The molecule has 3 rings (SSSR count). The van der Waals surface area contributed by atoms with Crippen LogP contribution in [0.2, 0.25) is 0 Å². The molecule has 0 spiro atoms. The molecule has 1 saturated heterocycles. The van der Waals surface area contributed by atoms with Gasteiger partial charge in [0.15, 0.2) is 0 Å². The maximum absolute atomic E-state index is 14.5. The Morgan fingerprint density at radius 1 is 0.576 bits per heavy atom. The molecule has 10 amide bonds. The maximum Gasteiger partial charge on any atom is 0.245 e. The normalized spacial score (nSPS) is 22.7. The highest BCUT2D eigenvalue weighted by Crippen LogP contribution is 2.14. The van der Waals surface area contributed by atoms with Gasteiger partial charge in [-0.15, -0.1) is 0 Å².